The van der Waals surface area contributed by atoms with Gasteiger partial charge in [-0.05, 0) is 55.7 Å². The van der Waals surface area contributed by atoms with Crippen molar-refractivity contribution in [3.8, 4) is 17.0 Å². The van der Waals surface area contributed by atoms with E-state index >= 15 is 0 Å². The van der Waals surface area contributed by atoms with E-state index < -0.39 is 0 Å². The molecule has 180 valence electrons. The number of oxazole rings is 1. The summed E-state index contributed by atoms with van der Waals surface area (Å²) in [6, 6.07) is 15.8. The molecule has 0 unspecified atom stereocenters. The Hall–Kier alpha value is -3.94. The van der Waals surface area contributed by atoms with E-state index in [0.717, 1.165) is 35.5 Å². The Morgan fingerprint density at radius 1 is 1.23 bits per heavy atom. The standard InChI is InChI=1S/C27H27FN4O3/c1-2-34-25-8-4-3-7-22(25)23-15-24(31-30-23)27(33)32-13-5-6-19(17-32)26-29-16-21(35-26)14-18-9-11-20(28)12-10-18/h3-4,7-12,15-16,19H,2,5-6,13-14,17H2,1H3,(H,30,31)/t19-/m0/s1. The van der Waals surface area contributed by atoms with Gasteiger partial charge < -0.3 is 14.1 Å². The maximum absolute atomic E-state index is 13.2. The van der Waals surface area contributed by atoms with E-state index in [4.69, 9.17) is 9.15 Å². The number of nitrogens with one attached hydrogen (secondary N) is 1. The zero-order chi connectivity index (χ0) is 24.2. The van der Waals surface area contributed by atoms with Gasteiger partial charge in [0.1, 0.15) is 23.0 Å². The fourth-order valence-corrected chi connectivity index (χ4v) is 4.46. The van der Waals surface area contributed by atoms with Crippen LogP contribution in [0.4, 0.5) is 4.39 Å². The Labute approximate surface area is 202 Å². The maximum Gasteiger partial charge on any atom is 0.271 e. The average molecular weight is 475 g/mol. The molecule has 8 heteroatoms. The van der Waals surface area contributed by atoms with Crippen molar-refractivity contribution in [3.05, 3.63) is 89.5 Å². The molecule has 3 heterocycles. The summed E-state index contributed by atoms with van der Waals surface area (Å²) in [5.41, 5.74) is 2.91. The van der Waals surface area contributed by atoms with Gasteiger partial charge in [0.25, 0.3) is 5.91 Å². The van der Waals surface area contributed by atoms with E-state index in [1.165, 1.54) is 12.1 Å². The number of piperidine rings is 1. The highest BCUT2D eigenvalue weighted by molar-refractivity contribution is 5.93. The number of ether oxygens (including phenoxy) is 1. The molecule has 4 aromatic rings. The SMILES string of the molecule is CCOc1ccccc1-c1cc(C(=O)N2CCC[C@H](c3ncc(Cc4ccc(F)cc4)o3)C2)[nH]n1. The largest absolute Gasteiger partial charge is 0.493 e. The van der Waals surface area contributed by atoms with Crippen LogP contribution in [0.1, 0.15) is 53.4 Å². The average Bonchev–Trinajstić information content (AvgIpc) is 3.56. The second-order valence-electron chi connectivity index (χ2n) is 8.65. The molecule has 7 nitrogen and oxygen atoms in total. The lowest BCUT2D eigenvalue weighted by molar-refractivity contribution is 0.0692. The summed E-state index contributed by atoms with van der Waals surface area (Å²) in [6.07, 6.45) is 4.02. The topological polar surface area (TPSA) is 84.2 Å². The van der Waals surface area contributed by atoms with E-state index in [9.17, 15) is 9.18 Å². The minimum atomic E-state index is -0.262. The van der Waals surface area contributed by atoms with Crippen molar-refractivity contribution in [2.75, 3.05) is 19.7 Å². The number of para-hydroxylation sites is 1. The molecule has 2 aromatic heterocycles. The Balaban J connectivity index is 1.26. The summed E-state index contributed by atoms with van der Waals surface area (Å²) in [5.74, 6) is 1.76. The number of amides is 1. The predicted octanol–water partition coefficient (Wildman–Crippen LogP) is 5.21. The highest BCUT2D eigenvalue weighted by atomic mass is 19.1. The van der Waals surface area contributed by atoms with Gasteiger partial charge in [0.05, 0.1) is 24.4 Å². The molecule has 5 rings (SSSR count). The normalized spacial score (nSPS) is 15.8. The van der Waals surface area contributed by atoms with E-state index in [1.807, 2.05) is 36.1 Å². The molecule has 0 bridgehead atoms. The molecule has 1 atom stereocenters. The lowest BCUT2D eigenvalue weighted by Gasteiger charge is -2.30. The van der Waals surface area contributed by atoms with Crippen molar-refractivity contribution in [3.63, 3.8) is 0 Å². The van der Waals surface area contributed by atoms with Gasteiger partial charge in [-0.1, -0.05) is 24.3 Å². The Bertz CT molecular complexity index is 1300. The molecule has 1 aliphatic heterocycles. The number of aromatic amines is 1. The van der Waals surface area contributed by atoms with Crippen LogP contribution in [-0.4, -0.2) is 45.7 Å². The molecule has 1 amide bonds. The van der Waals surface area contributed by atoms with Crippen LogP contribution in [0.3, 0.4) is 0 Å². The number of hydrogen-bond donors (Lipinski definition) is 1. The first-order chi connectivity index (χ1) is 17.1. The molecule has 1 saturated heterocycles. The number of carbonyl (C=O) groups excluding carboxylic acids is 1. The third-order valence-electron chi connectivity index (χ3n) is 6.19. The summed E-state index contributed by atoms with van der Waals surface area (Å²) in [6.45, 7) is 3.68. The minimum absolute atomic E-state index is 0.0238. The summed E-state index contributed by atoms with van der Waals surface area (Å²) in [4.78, 5) is 19.5. The highest BCUT2D eigenvalue weighted by Gasteiger charge is 2.29. The van der Waals surface area contributed by atoms with Crippen LogP contribution in [0.5, 0.6) is 5.75 Å². The Morgan fingerprint density at radius 2 is 2.06 bits per heavy atom. The zero-order valence-electron chi connectivity index (χ0n) is 19.5. The highest BCUT2D eigenvalue weighted by Crippen LogP contribution is 2.31. The molecule has 0 aliphatic carbocycles. The predicted molar refractivity (Wildman–Crippen MR) is 129 cm³/mol. The molecule has 0 saturated carbocycles. The summed E-state index contributed by atoms with van der Waals surface area (Å²) < 4.78 is 24.9. The number of H-pyrrole nitrogens is 1. The first-order valence-electron chi connectivity index (χ1n) is 11.9. The van der Waals surface area contributed by atoms with Gasteiger partial charge in [-0.2, -0.15) is 5.10 Å². The molecule has 2 aromatic carbocycles. The van der Waals surface area contributed by atoms with Gasteiger partial charge in [0.15, 0.2) is 5.89 Å². The van der Waals surface area contributed by atoms with Crippen molar-refractivity contribution < 1.29 is 18.3 Å². The number of halogens is 1. The fourth-order valence-electron chi connectivity index (χ4n) is 4.46. The van der Waals surface area contributed by atoms with Gasteiger partial charge in [0, 0.05) is 25.1 Å². The Morgan fingerprint density at radius 3 is 2.89 bits per heavy atom. The number of aromatic nitrogens is 3. The van der Waals surface area contributed by atoms with Crippen LogP contribution < -0.4 is 4.74 Å². The van der Waals surface area contributed by atoms with Gasteiger partial charge >= 0.3 is 0 Å². The third kappa shape index (κ3) is 5.11. The van der Waals surface area contributed by atoms with Crippen LogP contribution >= 0.6 is 0 Å². The van der Waals surface area contributed by atoms with Crippen molar-refractivity contribution in [1.29, 1.82) is 0 Å². The quantitative estimate of drug-likeness (QED) is 0.397. The lowest BCUT2D eigenvalue weighted by atomic mass is 9.97. The van der Waals surface area contributed by atoms with Crippen molar-refractivity contribution in [2.24, 2.45) is 0 Å². The second kappa shape index (κ2) is 10.1. The molecule has 1 fully saturated rings. The smallest absolute Gasteiger partial charge is 0.271 e. The van der Waals surface area contributed by atoms with Gasteiger partial charge in [-0.25, -0.2) is 9.37 Å². The number of nitrogens with zero attached hydrogens (tertiary/aromatic N) is 3. The number of rotatable bonds is 7. The number of likely N-dealkylation sites (tertiary alicyclic amines) is 1. The van der Waals surface area contributed by atoms with Crippen molar-refractivity contribution in [1.82, 2.24) is 20.1 Å². The van der Waals surface area contributed by atoms with E-state index in [2.05, 4.69) is 15.2 Å². The van der Waals surface area contributed by atoms with Crippen LogP contribution in [-0.2, 0) is 6.42 Å². The molecular weight excluding hydrogens is 447 g/mol. The van der Waals surface area contributed by atoms with Gasteiger partial charge in [-0.3, -0.25) is 9.89 Å². The Kier molecular flexibility index (Phi) is 6.61. The van der Waals surface area contributed by atoms with E-state index in [1.54, 1.807) is 24.4 Å². The molecular formula is C27H27FN4O3. The van der Waals surface area contributed by atoms with Gasteiger partial charge in [0.2, 0.25) is 0 Å². The van der Waals surface area contributed by atoms with Gasteiger partial charge in [-0.15, -0.1) is 0 Å². The van der Waals surface area contributed by atoms with E-state index in [-0.39, 0.29) is 17.6 Å². The van der Waals surface area contributed by atoms with Crippen molar-refractivity contribution in [2.45, 2.75) is 32.1 Å². The van der Waals surface area contributed by atoms with Crippen molar-refractivity contribution >= 4 is 5.91 Å². The molecule has 35 heavy (non-hydrogen) atoms. The first-order valence-corrected chi connectivity index (χ1v) is 11.9. The molecule has 0 spiro atoms. The molecule has 1 aliphatic rings. The lowest BCUT2D eigenvalue weighted by Crippen LogP contribution is -2.39. The number of carbonyl (C=O) groups is 1. The fraction of sp³-hybridized carbons (Fsp3) is 0.296. The number of hydrogen-bond acceptors (Lipinski definition) is 5. The summed E-state index contributed by atoms with van der Waals surface area (Å²) >= 11 is 0. The van der Waals surface area contributed by atoms with Crippen LogP contribution in [0, 0.1) is 5.82 Å². The number of benzene rings is 2. The third-order valence-corrected chi connectivity index (χ3v) is 6.19. The van der Waals surface area contributed by atoms with E-state index in [0.29, 0.717) is 43.4 Å². The summed E-state index contributed by atoms with van der Waals surface area (Å²) in [5, 5.41) is 7.26. The first kappa shape index (κ1) is 22.8. The monoisotopic (exact) mass is 474 g/mol. The minimum Gasteiger partial charge on any atom is -0.493 e. The zero-order valence-corrected chi connectivity index (χ0v) is 19.5. The molecule has 1 N–H and O–H groups in total. The van der Waals surface area contributed by atoms with Crippen LogP contribution in [0.15, 0.2) is 65.2 Å². The maximum atomic E-state index is 13.2. The van der Waals surface area contributed by atoms with Crippen LogP contribution in [0.25, 0.3) is 11.3 Å². The van der Waals surface area contributed by atoms with Crippen LogP contribution in [0.2, 0.25) is 0 Å². The summed E-state index contributed by atoms with van der Waals surface area (Å²) in [7, 11) is 0. The molecule has 0 radical (unpaired) electrons. The second-order valence-corrected chi connectivity index (χ2v) is 8.65.